The molecule has 0 bridgehead atoms. The first-order chi connectivity index (χ1) is 9.70. The SMILES string of the molecule is CN(C)c1nccc(-n2cc(C(=O)O)c(C(F)(F)F)c2)n1. The Morgan fingerprint density at radius 2 is 2.00 bits per heavy atom. The van der Waals surface area contributed by atoms with Crippen molar-refractivity contribution in [1.29, 1.82) is 0 Å². The molecule has 2 aromatic heterocycles. The number of nitrogens with zero attached hydrogens (tertiary/aromatic N) is 4. The van der Waals surface area contributed by atoms with E-state index in [1.54, 1.807) is 19.0 Å². The second kappa shape index (κ2) is 5.08. The van der Waals surface area contributed by atoms with Crippen LogP contribution in [0.25, 0.3) is 5.82 Å². The van der Waals surface area contributed by atoms with Crippen LogP contribution < -0.4 is 4.90 Å². The second-order valence-corrected chi connectivity index (χ2v) is 4.40. The van der Waals surface area contributed by atoms with Gasteiger partial charge in [0.05, 0.1) is 11.1 Å². The van der Waals surface area contributed by atoms with Gasteiger partial charge in [-0.2, -0.15) is 18.2 Å². The van der Waals surface area contributed by atoms with Crippen LogP contribution in [0.15, 0.2) is 24.7 Å². The summed E-state index contributed by atoms with van der Waals surface area (Å²) < 4.78 is 39.5. The number of aromatic carboxylic acids is 1. The van der Waals surface area contributed by atoms with Crippen LogP contribution in [0, 0.1) is 0 Å². The summed E-state index contributed by atoms with van der Waals surface area (Å²) in [5.74, 6) is -1.21. The maximum Gasteiger partial charge on any atom is 0.418 e. The predicted molar refractivity (Wildman–Crippen MR) is 67.6 cm³/mol. The summed E-state index contributed by atoms with van der Waals surface area (Å²) in [5.41, 5.74) is -2.05. The smallest absolute Gasteiger partial charge is 0.418 e. The van der Waals surface area contributed by atoms with Gasteiger partial charge in [-0.1, -0.05) is 0 Å². The first-order valence-electron chi connectivity index (χ1n) is 5.73. The van der Waals surface area contributed by atoms with E-state index in [0.717, 1.165) is 10.8 Å². The summed E-state index contributed by atoms with van der Waals surface area (Å²) in [4.78, 5) is 20.5. The number of hydrogen-bond acceptors (Lipinski definition) is 4. The molecule has 0 unspecified atom stereocenters. The summed E-state index contributed by atoms with van der Waals surface area (Å²) in [6, 6.07) is 1.39. The molecule has 21 heavy (non-hydrogen) atoms. The average Bonchev–Trinajstić information content (AvgIpc) is 2.84. The maximum absolute atomic E-state index is 12.8. The first kappa shape index (κ1) is 14.8. The van der Waals surface area contributed by atoms with E-state index in [0.29, 0.717) is 12.1 Å². The molecule has 0 aliphatic heterocycles. The Labute approximate surface area is 117 Å². The number of carboxylic acids is 1. The van der Waals surface area contributed by atoms with Crippen molar-refractivity contribution in [3.63, 3.8) is 0 Å². The normalized spacial score (nSPS) is 11.5. The molecule has 9 heteroatoms. The van der Waals surface area contributed by atoms with Crippen LogP contribution in [0.1, 0.15) is 15.9 Å². The van der Waals surface area contributed by atoms with Crippen molar-refractivity contribution >= 4 is 11.9 Å². The second-order valence-electron chi connectivity index (χ2n) is 4.40. The van der Waals surface area contributed by atoms with Crippen LogP contribution in [-0.4, -0.2) is 39.7 Å². The number of rotatable bonds is 3. The van der Waals surface area contributed by atoms with E-state index in [4.69, 9.17) is 5.11 Å². The number of aromatic nitrogens is 3. The third-order valence-corrected chi connectivity index (χ3v) is 2.66. The molecule has 2 aromatic rings. The summed E-state index contributed by atoms with van der Waals surface area (Å²) >= 11 is 0. The lowest BCUT2D eigenvalue weighted by Gasteiger charge is -2.11. The van der Waals surface area contributed by atoms with E-state index in [1.165, 1.54) is 12.3 Å². The van der Waals surface area contributed by atoms with Gasteiger partial charge in [-0.25, -0.2) is 9.78 Å². The van der Waals surface area contributed by atoms with Gasteiger partial charge in [0.25, 0.3) is 0 Å². The quantitative estimate of drug-likeness (QED) is 0.939. The molecular weight excluding hydrogens is 289 g/mol. The van der Waals surface area contributed by atoms with Gasteiger partial charge in [0.15, 0.2) is 0 Å². The minimum Gasteiger partial charge on any atom is -0.478 e. The van der Waals surface area contributed by atoms with Crippen molar-refractivity contribution in [3.8, 4) is 5.82 Å². The van der Waals surface area contributed by atoms with E-state index >= 15 is 0 Å². The molecule has 0 atom stereocenters. The minimum absolute atomic E-state index is 0.145. The lowest BCUT2D eigenvalue weighted by atomic mass is 10.2. The highest BCUT2D eigenvalue weighted by Gasteiger charge is 2.37. The first-order valence-corrected chi connectivity index (χ1v) is 5.73. The number of carboxylic acid groups (broad SMARTS) is 1. The van der Waals surface area contributed by atoms with Crippen LogP contribution in [0.3, 0.4) is 0 Å². The van der Waals surface area contributed by atoms with Crippen molar-refractivity contribution in [2.75, 3.05) is 19.0 Å². The van der Waals surface area contributed by atoms with Gasteiger partial charge in [0.1, 0.15) is 5.82 Å². The Morgan fingerprint density at radius 3 is 2.48 bits per heavy atom. The van der Waals surface area contributed by atoms with Crippen LogP contribution in [0.4, 0.5) is 19.1 Å². The Balaban J connectivity index is 2.55. The molecule has 0 aliphatic rings. The molecule has 0 saturated heterocycles. The van der Waals surface area contributed by atoms with Gasteiger partial charge >= 0.3 is 12.1 Å². The molecule has 2 rings (SSSR count). The van der Waals surface area contributed by atoms with Crippen LogP contribution in [-0.2, 0) is 6.18 Å². The molecule has 0 saturated carbocycles. The molecular formula is C12H11F3N4O2. The maximum atomic E-state index is 12.8. The largest absolute Gasteiger partial charge is 0.478 e. The van der Waals surface area contributed by atoms with Crippen molar-refractivity contribution in [2.24, 2.45) is 0 Å². The molecule has 112 valence electrons. The van der Waals surface area contributed by atoms with Crippen molar-refractivity contribution in [1.82, 2.24) is 14.5 Å². The summed E-state index contributed by atoms with van der Waals surface area (Å²) in [5, 5.41) is 8.88. The third kappa shape index (κ3) is 2.96. The van der Waals surface area contributed by atoms with Crippen LogP contribution in [0.5, 0.6) is 0 Å². The molecule has 0 aromatic carbocycles. The summed E-state index contributed by atoms with van der Waals surface area (Å²) in [7, 11) is 3.36. The summed E-state index contributed by atoms with van der Waals surface area (Å²) in [6.45, 7) is 0. The fraction of sp³-hybridized carbons (Fsp3) is 0.250. The standard InChI is InChI=1S/C12H11F3N4O2/c1-18(2)11-16-4-3-9(17-11)19-5-7(10(20)21)8(6-19)12(13,14)15/h3-6H,1-2H3,(H,20,21). The molecule has 0 aliphatic carbocycles. The van der Waals surface area contributed by atoms with E-state index in [-0.39, 0.29) is 5.82 Å². The molecule has 6 nitrogen and oxygen atoms in total. The minimum atomic E-state index is -4.75. The fourth-order valence-electron chi connectivity index (χ4n) is 1.68. The lowest BCUT2D eigenvalue weighted by Crippen LogP contribution is -2.13. The van der Waals surface area contributed by atoms with Crippen molar-refractivity contribution < 1.29 is 23.1 Å². The molecule has 0 amide bonds. The lowest BCUT2D eigenvalue weighted by molar-refractivity contribution is -0.138. The molecule has 2 heterocycles. The Kier molecular flexibility index (Phi) is 3.58. The van der Waals surface area contributed by atoms with Gasteiger partial charge in [-0.3, -0.25) is 0 Å². The summed E-state index contributed by atoms with van der Waals surface area (Å²) in [6.07, 6.45) is -1.79. The Hall–Kier alpha value is -2.58. The van der Waals surface area contributed by atoms with Crippen LogP contribution >= 0.6 is 0 Å². The van der Waals surface area contributed by atoms with Gasteiger partial charge in [0, 0.05) is 32.7 Å². The number of halogens is 3. The zero-order chi connectivity index (χ0) is 15.8. The van der Waals surface area contributed by atoms with E-state index in [1.807, 2.05) is 0 Å². The molecule has 0 spiro atoms. The predicted octanol–water partition coefficient (Wildman–Crippen LogP) is 2.05. The fourth-order valence-corrected chi connectivity index (χ4v) is 1.68. The zero-order valence-corrected chi connectivity index (χ0v) is 11.1. The average molecular weight is 300 g/mol. The number of anilines is 1. The number of carbonyl (C=O) groups is 1. The highest BCUT2D eigenvalue weighted by Crippen LogP contribution is 2.33. The van der Waals surface area contributed by atoms with Crippen molar-refractivity contribution in [2.45, 2.75) is 6.18 Å². The topological polar surface area (TPSA) is 71.2 Å². The van der Waals surface area contributed by atoms with E-state index < -0.39 is 23.3 Å². The monoisotopic (exact) mass is 300 g/mol. The van der Waals surface area contributed by atoms with Gasteiger partial charge < -0.3 is 14.6 Å². The highest BCUT2D eigenvalue weighted by atomic mass is 19.4. The number of hydrogen-bond donors (Lipinski definition) is 1. The van der Waals surface area contributed by atoms with E-state index in [9.17, 15) is 18.0 Å². The Bertz CT molecular complexity index is 679. The molecule has 1 N–H and O–H groups in total. The van der Waals surface area contributed by atoms with Crippen molar-refractivity contribution in [3.05, 3.63) is 35.8 Å². The van der Waals surface area contributed by atoms with Gasteiger partial charge in [-0.15, -0.1) is 0 Å². The molecule has 0 radical (unpaired) electrons. The van der Waals surface area contributed by atoms with Gasteiger partial charge in [-0.05, 0) is 6.07 Å². The Morgan fingerprint density at radius 1 is 1.33 bits per heavy atom. The number of alkyl halides is 3. The third-order valence-electron chi connectivity index (χ3n) is 2.66. The van der Waals surface area contributed by atoms with Gasteiger partial charge in [0.2, 0.25) is 5.95 Å². The highest BCUT2D eigenvalue weighted by molar-refractivity contribution is 5.89. The van der Waals surface area contributed by atoms with Crippen LogP contribution in [0.2, 0.25) is 0 Å². The molecule has 0 fully saturated rings. The zero-order valence-electron chi connectivity index (χ0n) is 11.1. The van der Waals surface area contributed by atoms with E-state index in [2.05, 4.69) is 9.97 Å².